The molecule has 0 saturated carbocycles. The van der Waals surface area contributed by atoms with E-state index in [-0.39, 0.29) is 0 Å². The molecule has 4 aromatic rings. The molecule has 0 saturated heterocycles. The van der Waals surface area contributed by atoms with Crippen molar-refractivity contribution in [2.24, 2.45) is 0 Å². The van der Waals surface area contributed by atoms with E-state index in [9.17, 15) is 0 Å². The van der Waals surface area contributed by atoms with Crippen molar-refractivity contribution in [2.75, 3.05) is 12.4 Å². The maximum atomic E-state index is 5.23. The van der Waals surface area contributed by atoms with E-state index in [1.54, 1.807) is 7.11 Å². The highest BCUT2D eigenvalue weighted by atomic mass is 16.5. The Morgan fingerprint density at radius 3 is 2.30 bits per heavy atom. The number of hydrogen-bond acceptors (Lipinski definition) is 4. The van der Waals surface area contributed by atoms with Crippen molar-refractivity contribution < 1.29 is 4.74 Å². The van der Waals surface area contributed by atoms with E-state index in [0.29, 0.717) is 0 Å². The lowest BCUT2D eigenvalue weighted by molar-refractivity contribution is 0.415. The van der Waals surface area contributed by atoms with Gasteiger partial charge in [-0.25, -0.2) is 4.98 Å². The molecular formula is C22H22N4O. The van der Waals surface area contributed by atoms with Gasteiger partial charge in [0, 0.05) is 28.6 Å². The van der Waals surface area contributed by atoms with Crippen molar-refractivity contribution in [1.29, 1.82) is 0 Å². The minimum atomic E-state index is 0.827. The van der Waals surface area contributed by atoms with Crippen LogP contribution in [0.1, 0.15) is 16.8 Å². The number of fused-ring (bicyclic) bond motifs is 1. The van der Waals surface area contributed by atoms with Gasteiger partial charge in [0.1, 0.15) is 11.6 Å². The molecule has 5 nitrogen and oxygen atoms in total. The molecule has 0 radical (unpaired) electrons. The lowest BCUT2D eigenvalue weighted by Crippen LogP contribution is -2.02. The minimum absolute atomic E-state index is 0.827. The van der Waals surface area contributed by atoms with Crippen molar-refractivity contribution in [1.82, 2.24) is 14.6 Å². The molecule has 0 atom stereocenters. The van der Waals surface area contributed by atoms with Gasteiger partial charge >= 0.3 is 0 Å². The number of rotatable bonds is 4. The summed E-state index contributed by atoms with van der Waals surface area (Å²) in [5, 5.41) is 8.30. The Morgan fingerprint density at radius 2 is 1.63 bits per heavy atom. The number of aromatic nitrogens is 3. The average molecular weight is 358 g/mol. The van der Waals surface area contributed by atoms with E-state index in [1.165, 1.54) is 5.56 Å². The monoisotopic (exact) mass is 358 g/mol. The summed E-state index contributed by atoms with van der Waals surface area (Å²) in [6.45, 7) is 6.15. The highest BCUT2D eigenvalue weighted by Crippen LogP contribution is 2.28. The summed E-state index contributed by atoms with van der Waals surface area (Å²) in [7, 11) is 1.66. The van der Waals surface area contributed by atoms with Crippen LogP contribution in [0.4, 0.5) is 11.5 Å². The zero-order valence-electron chi connectivity index (χ0n) is 15.9. The zero-order valence-corrected chi connectivity index (χ0v) is 15.9. The third-order valence-corrected chi connectivity index (χ3v) is 4.63. The molecule has 0 unspecified atom stereocenters. The molecule has 0 amide bonds. The highest BCUT2D eigenvalue weighted by Gasteiger charge is 2.15. The summed E-state index contributed by atoms with van der Waals surface area (Å²) in [6.07, 6.45) is 0. The van der Waals surface area contributed by atoms with Gasteiger partial charge in [0.2, 0.25) is 0 Å². The number of ether oxygens (including phenoxy) is 1. The molecule has 0 bridgehead atoms. The fraction of sp³-hybridized carbons (Fsp3) is 0.182. The molecule has 4 rings (SSSR count). The molecule has 0 aliphatic heterocycles. The van der Waals surface area contributed by atoms with Crippen LogP contribution in [0.25, 0.3) is 16.9 Å². The molecule has 0 aliphatic rings. The van der Waals surface area contributed by atoms with Crippen molar-refractivity contribution in [3.63, 3.8) is 0 Å². The topological polar surface area (TPSA) is 51.5 Å². The van der Waals surface area contributed by atoms with Crippen LogP contribution in [-0.2, 0) is 0 Å². The summed E-state index contributed by atoms with van der Waals surface area (Å²) in [5.74, 6) is 1.71. The number of hydrogen-bond donors (Lipinski definition) is 1. The van der Waals surface area contributed by atoms with Crippen molar-refractivity contribution >= 4 is 17.2 Å². The van der Waals surface area contributed by atoms with Gasteiger partial charge in [-0.2, -0.15) is 9.61 Å². The van der Waals surface area contributed by atoms with Crippen molar-refractivity contribution in [3.8, 4) is 17.0 Å². The van der Waals surface area contributed by atoms with Gasteiger partial charge in [-0.05, 0) is 45.0 Å². The average Bonchev–Trinajstić information content (AvgIpc) is 3.00. The van der Waals surface area contributed by atoms with Gasteiger partial charge in [0.05, 0.1) is 12.8 Å². The number of nitrogens with zero attached hydrogens (tertiary/aromatic N) is 3. The molecule has 0 aliphatic carbocycles. The number of benzene rings is 2. The van der Waals surface area contributed by atoms with E-state index < -0.39 is 0 Å². The first-order chi connectivity index (χ1) is 13.0. The van der Waals surface area contributed by atoms with Crippen LogP contribution in [0.3, 0.4) is 0 Å². The lowest BCUT2D eigenvalue weighted by Gasteiger charge is -2.10. The molecule has 5 heteroatoms. The van der Waals surface area contributed by atoms with Gasteiger partial charge < -0.3 is 10.1 Å². The zero-order chi connectivity index (χ0) is 19.0. The Balaban J connectivity index is 1.80. The summed E-state index contributed by atoms with van der Waals surface area (Å²) in [6, 6.07) is 18.3. The van der Waals surface area contributed by atoms with Crippen LogP contribution in [0, 0.1) is 20.8 Å². The van der Waals surface area contributed by atoms with Crippen LogP contribution in [-0.4, -0.2) is 21.7 Å². The van der Waals surface area contributed by atoms with Crippen molar-refractivity contribution in [3.05, 3.63) is 71.4 Å². The van der Waals surface area contributed by atoms with Gasteiger partial charge in [-0.3, -0.25) is 0 Å². The molecule has 2 heterocycles. The van der Waals surface area contributed by atoms with Gasteiger partial charge in [-0.15, -0.1) is 0 Å². The third kappa shape index (κ3) is 3.24. The van der Waals surface area contributed by atoms with Crippen LogP contribution in [0.5, 0.6) is 5.75 Å². The second kappa shape index (κ2) is 6.76. The number of methoxy groups -OCH3 is 1. The Kier molecular flexibility index (Phi) is 4.28. The molecule has 2 aromatic carbocycles. The number of aryl methyl sites for hydroxylation is 3. The molecule has 0 fully saturated rings. The first-order valence-corrected chi connectivity index (χ1v) is 8.90. The van der Waals surface area contributed by atoms with Crippen LogP contribution >= 0.6 is 0 Å². The van der Waals surface area contributed by atoms with E-state index >= 15 is 0 Å². The number of anilines is 2. The summed E-state index contributed by atoms with van der Waals surface area (Å²) in [4.78, 5) is 4.71. The fourth-order valence-corrected chi connectivity index (χ4v) is 3.14. The smallest absolute Gasteiger partial charge is 0.161 e. The molecule has 1 N–H and O–H groups in total. The molecule has 2 aromatic heterocycles. The second-order valence-corrected chi connectivity index (χ2v) is 6.71. The van der Waals surface area contributed by atoms with Gasteiger partial charge in [0.25, 0.3) is 0 Å². The molecular weight excluding hydrogens is 336 g/mol. The predicted molar refractivity (Wildman–Crippen MR) is 109 cm³/mol. The SMILES string of the molecule is COc1ccc(Nc2cc(C)nc3c(C)c(-c4ccc(C)cc4)nn23)cc1. The standard InChI is InChI=1S/C22H22N4O/c1-14-5-7-17(8-6-14)21-16(3)22-23-15(2)13-20(26(22)25-21)24-18-9-11-19(27-4)12-10-18/h5-13,24H,1-4H3. The maximum absolute atomic E-state index is 5.23. The van der Waals surface area contributed by atoms with Gasteiger partial charge in [0.15, 0.2) is 5.65 Å². The fourth-order valence-electron chi connectivity index (χ4n) is 3.14. The Hall–Kier alpha value is -3.34. The van der Waals surface area contributed by atoms with Crippen LogP contribution < -0.4 is 10.1 Å². The van der Waals surface area contributed by atoms with E-state index in [4.69, 9.17) is 14.8 Å². The second-order valence-electron chi connectivity index (χ2n) is 6.71. The molecule has 136 valence electrons. The molecule has 0 spiro atoms. The summed E-state index contributed by atoms with van der Waals surface area (Å²) in [5.41, 5.74) is 7.12. The summed E-state index contributed by atoms with van der Waals surface area (Å²) < 4.78 is 7.11. The summed E-state index contributed by atoms with van der Waals surface area (Å²) >= 11 is 0. The normalized spacial score (nSPS) is 11.0. The largest absolute Gasteiger partial charge is 0.497 e. The van der Waals surface area contributed by atoms with Crippen molar-refractivity contribution in [2.45, 2.75) is 20.8 Å². The first kappa shape index (κ1) is 17.1. The van der Waals surface area contributed by atoms with Crippen LogP contribution in [0.2, 0.25) is 0 Å². The van der Waals surface area contributed by atoms with E-state index in [0.717, 1.165) is 45.4 Å². The van der Waals surface area contributed by atoms with Crippen LogP contribution in [0.15, 0.2) is 54.6 Å². The van der Waals surface area contributed by atoms with Gasteiger partial charge in [-0.1, -0.05) is 29.8 Å². The Bertz CT molecular complexity index is 1100. The Morgan fingerprint density at radius 1 is 0.926 bits per heavy atom. The third-order valence-electron chi connectivity index (χ3n) is 4.63. The quantitative estimate of drug-likeness (QED) is 0.553. The molecule has 27 heavy (non-hydrogen) atoms. The first-order valence-electron chi connectivity index (χ1n) is 8.90. The van der Waals surface area contributed by atoms with E-state index in [1.807, 2.05) is 41.8 Å². The highest BCUT2D eigenvalue weighted by molar-refractivity contribution is 5.72. The number of nitrogens with one attached hydrogen (secondary N) is 1. The Labute approximate surface area is 158 Å². The lowest BCUT2D eigenvalue weighted by atomic mass is 10.1. The predicted octanol–water partition coefficient (Wildman–Crippen LogP) is 5.07. The maximum Gasteiger partial charge on any atom is 0.161 e. The van der Waals surface area contributed by atoms with E-state index in [2.05, 4.69) is 43.4 Å². The minimum Gasteiger partial charge on any atom is -0.497 e.